The molecule has 1 aliphatic carbocycles. The number of hydrogen-bond donors (Lipinski definition) is 3. The maximum atomic E-state index is 13.9. The van der Waals surface area contributed by atoms with Gasteiger partial charge in [-0.25, -0.2) is 14.4 Å². The molecule has 0 aliphatic heterocycles. The third-order valence-electron chi connectivity index (χ3n) is 13.2. The van der Waals surface area contributed by atoms with Crippen LogP contribution in [0.4, 0.5) is 28.4 Å². The summed E-state index contributed by atoms with van der Waals surface area (Å²) in [4.78, 5) is 38.8. The summed E-state index contributed by atoms with van der Waals surface area (Å²) in [6, 6.07) is 45.7. The van der Waals surface area contributed by atoms with Crippen molar-refractivity contribution in [3.8, 4) is 0 Å². The van der Waals surface area contributed by atoms with Crippen LogP contribution in [0.2, 0.25) is 0 Å². The van der Waals surface area contributed by atoms with Crippen molar-refractivity contribution in [3.63, 3.8) is 0 Å². The maximum absolute atomic E-state index is 13.9. The lowest BCUT2D eigenvalue weighted by Crippen LogP contribution is -2.40. The van der Waals surface area contributed by atoms with Gasteiger partial charge in [0.15, 0.2) is 0 Å². The van der Waals surface area contributed by atoms with Crippen LogP contribution in [0.5, 0.6) is 0 Å². The summed E-state index contributed by atoms with van der Waals surface area (Å²) in [5, 5.41) is 13.4. The SMILES string of the molecule is C=C(C)C(=O)OCCOC(=O)c1ccccc1C(=O)OC1CCCCC1Nc1ccc(C(c2ccc(Nc3c(C)cc(C)cc3C)cc2)c2ccc(Nc3c(C)cc(C)cc3C)cc2)c2ccccc12. The Kier molecular flexibility index (Phi) is 15.2. The lowest BCUT2D eigenvalue weighted by Gasteiger charge is -2.33. The summed E-state index contributed by atoms with van der Waals surface area (Å²) in [6.45, 7) is 17.7. The summed E-state index contributed by atoms with van der Waals surface area (Å²) >= 11 is 0. The molecule has 7 aromatic carbocycles. The quantitative estimate of drug-likeness (QED) is 0.0286. The Morgan fingerprint density at radius 2 is 1.07 bits per heavy atom. The average molecular weight is 934 g/mol. The molecule has 0 aromatic heterocycles. The summed E-state index contributed by atoms with van der Waals surface area (Å²) in [6.07, 6.45) is 2.90. The van der Waals surface area contributed by atoms with E-state index in [1.54, 1.807) is 18.2 Å². The van der Waals surface area contributed by atoms with E-state index in [0.717, 1.165) is 69.6 Å². The lowest BCUT2D eigenvalue weighted by molar-refractivity contribution is -0.140. The molecule has 0 bridgehead atoms. The molecular formula is C61H63N3O6. The van der Waals surface area contributed by atoms with Crippen LogP contribution >= 0.6 is 0 Å². The van der Waals surface area contributed by atoms with Crippen molar-refractivity contribution >= 4 is 57.1 Å². The number of rotatable bonds is 16. The fourth-order valence-electron chi connectivity index (χ4n) is 9.92. The van der Waals surface area contributed by atoms with Gasteiger partial charge in [0, 0.05) is 45.3 Å². The molecular weight excluding hydrogens is 871 g/mol. The van der Waals surface area contributed by atoms with Crippen LogP contribution in [-0.4, -0.2) is 43.3 Å². The van der Waals surface area contributed by atoms with Gasteiger partial charge in [-0.2, -0.15) is 0 Å². The zero-order valence-corrected chi connectivity index (χ0v) is 41.3. The van der Waals surface area contributed by atoms with E-state index in [1.165, 1.54) is 51.9 Å². The van der Waals surface area contributed by atoms with Crippen LogP contribution in [-0.2, 0) is 19.0 Å². The van der Waals surface area contributed by atoms with Crippen molar-refractivity contribution in [3.05, 3.63) is 207 Å². The molecule has 3 N–H and O–H groups in total. The van der Waals surface area contributed by atoms with Gasteiger partial charge in [0.05, 0.1) is 17.2 Å². The third kappa shape index (κ3) is 11.3. The zero-order chi connectivity index (χ0) is 49.5. The molecule has 0 radical (unpaired) electrons. The van der Waals surface area contributed by atoms with E-state index in [4.69, 9.17) is 14.2 Å². The molecule has 1 saturated carbocycles. The van der Waals surface area contributed by atoms with Crippen molar-refractivity contribution in [1.82, 2.24) is 0 Å². The number of esters is 3. The highest BCUT2D eigenvalue weighted by Gasteiger charge is 2.31. The number of benzene rings is 7. The van der Waals surface area contributed by atoms with Gasteiger partial charge in [-0.15, -0.1) is 0 Å². The van der Waals surface area contributed by atoms with Gasteiger partial charge in [-0.1, -0.05) is 115 Å². The highest BCUT2D eigenvalue weighted by Crippen LogP contribution is 2.41. The minimum atomic E-state index is -0.706. The molecule has 358 valence electrons. The highest BCUT2D eigenvalue weighted by molar-refractivity contribution is 6.03. The largest absolute Gasteiger partial charge is 0.459 e. The van der Waals surface area contributed by atoms with E-state index in [9.17, 15) is 14.4 Å². The first-order valence-electron chi connectivity index (χ1n) is 24.2. The van der Waals surface area contributed by atoms with Crippen LogP contribution in [0.3, 0.4) is 0 Å². The predicted molar refractivity (Wildman–Crippen MR) is 283 cm³/mol. The van der Waals surface area contributed by atoms with Gasteiger partial charge in [0.2, 0.25) is 0 Å². The summed E-state index contributed by atoms with van der Waals surface area (Å²) in [7, 11) is 0. The van der Waals surface area contributed by atoms with E-state index >= 15 is 0 Å². The Morgan fingerprint density at radius 3 is 1.61 bits per heavy atom. The smallest absolute Gasteiger partial charge is 0.339 e. The lowest BCUT2D eigenvalue weighted by atomic mass is 9.82. The number of aryl methyl sites for hydroxylation is 6. The Balaban J connectivity index is 1.07. The molecule has 2 unspecified atom stereocenters. The molecule has 9 heteroatoms. The maximum Gasteiger partial charge on any atom is 0.339 e. The first kappa shape index (κ1) is 48.8. The number of carbonyl (C=O) groups is 3. The second kappa shape index (κ2) is 21.8. The van der Waals surface area contributed by atoms with E-state index in [1.807, 2.05) is 0 Å². The first-order chi connectivity index (χ1) is 33.7. The number of hydrogen-bond acceptors (Lipinski definition) is 9. The topological polar surface area (TPSA) is 115 Å². The Bertz CT molecular complexity index is 2920. The Morgan fingerprint density at radius 1 is 0.586 bits per heavy atom. The molecule has 70 heavy (non-hydrogen) atoms. The summed E-state index contributed by atoms with van der Waals surface area (Å²) in [5.74, 6) is -1.98. The molecule has 0 spiro atoms. The van der Waals surface area contributed by atoms with E-state index < -0.39 is 24.0 Å². The molecule has 0 saturated heterocycles. The van der Waals surface area contributed by atoms with E-state index in [0.29, 0.717) is 6.42 Å². The van der Waals surface area contributed by atoms with Gasteiger partial charge in [-0.05, 0) is 155 Å². The molecule has 7 aromatic rings. The van der Waals surface area contributed by atoms with Crippen LogP contribution in [0.15, 0.2) is 146 Å². The minimum Gasteiger partial charge on any atom is -0.459 e. The first-order valence-corrected chi connectivity index (χ1v) is 24.2. The molecule has 1 aliphatic rings. The minimum absolute atomic E-state index is 0.0833. The predicted octanol–water partition coefficient (Wildman–Crippen LogP) is 14.2. The van der Waals surface area contributed by atoms with Crippen LogP contribution in [0, 0.1) is 41.5 Å². The molecule has 0 amide bonds. The Labute approximate surface area is 412 Å². The van der Waals surface area contributed by atoms with Crippen LogP contribution in [0.25, 0.3) is 10.8 Å². The zero-order valence-electron chi connectivity index (χ0n) is 41.3. The second-order valence-electron chi connectivity index (χ2n) is 18.8. The second-order valence-corrected chi connectivity index (χ2v) is 18.8. The van der Waals surface area contributed by atoms with Crippen molar-refractivity contribution in [2.24, 2.45) is 0 Å². The summed E-state index contributed by atoms with van der Waals surface area (Å²) in [5.41, 5.74) is 16.5. The van der Waals surface area contributed by atoms with Gasteiger partial charge >= 0.3 is 17.9 Å². The number of fused-ring (bicyclic) bond motifs is 1. The van der Waals surface area contributed by atoms with Crippen molar-refractivity contribution in [2.75, 3.05) is 29.2 Å². The number of anilines is 5. The van der Waals surface area contributed by atoms with E-state index in [-0.39, 0.29) is 41.9 Å². The normalized spacial score (nSPS) is 14.5. The molecule has 2 atom stereocenters. The number of nitrogens with one attached hydrogen (secondary N) is 3. The van der Waals surface area contributed by atoms with Crippen LogP contribution in [0.1, 0.15) is 109 Å². The van der Waals surface area contributed by atoms with Gasteiger partial charge in [0.25, 0.3) is 0 Å². The molecule has 1 fully saturated rings. The van der Waals surface area contributed by atoms with Crippen molar-refractivity contribution in [1.29, 1.82) is 0 Å². The number of carbonyl (C=O) groups excluding carboxylic acids is 3. The fraction of sp³-hybridized carbons (Fsp3) is 0.262. The van der Waals surface area contributed by atoms with Gasteiger partial charge in [0.1, 0.15) is 19.3 Å². The van der Waals surface area contributed by atoms with E-state index in [2.05, 4.69) is 173 Å². The molecule has 9 nitrogen and oxygen atoms in total. The fourth-order valence-corrected chi connectivity index (χ4v) is 9.92. The van der Waals surface area contributed by atoms with Gasteiger partial charge in [-0.3, -0.25) is 0 Å². The third-order valence-corrected chi connectivity index (χ3v) is 13.2. The summed E-state index contributed by atoms with van der Waals surface area (Å²) < 4.78 is 16.7. The monoisotopic (exact) mass is 933 g/mol. The van der Waals surface area contributed by atoms with Crippen molar-refractivity contribution < 1.29 is 28.6 Å². The van der Waals surface area contributed by atoms with Gasteiger partial charge < -0.3 is 30.2 Å². The Hall–Kier alpha value is -7.65. The average Bonchev–Trinajstić information content (AvgIpc) is 3.34. The molecule has 0 heterocycles. The highest BCUT2D eigenvalue weighted by atomic mass is 16.6. The standard InChI is InChI=1S/C61H63N3O6/c1-37(2)59(65)68-31-32-69-60(66)51-17-11-12-18-52(51)61(67)70-55-20-14-13-19-54(55)64-53-30-29-50(48-15-9-10-16-49(48)53)56(44-21-25-46(26-22-44)62-57-40(5)33-38(3)34-41(57)6)45-23-27-47(28-24-45)63-58-42(7)35-39(4)36-43(58)8/h9-12,15-18,21-30,33-36,54-56,62-64H,1,13-14,19-20,31-32H2,2-8H3. The van der Waals surface area contributed by atoms with Crippen LogP contribution < -0.4 is 16.0 Å². The van der Waals surface area contributed by atoms with Crippen molar-refractivity contribution in [2.45, 2.75) is 92.2 Å². The number of ether oxygens (including phenoxy) is 3. The molecule has 8 rings (SSSR count).